The quantitative estimate of drug-likeness (QED) is 0.931. The van der Waals surface area contributed by atoms with Crippen LogP contribution in [0.1, 0.15) is 45.5 Å². The summed E-state index contributed by atoms with van der Waals surface area (Å²) in [5.74, 6) is 0.148. The Labute approximate surface area is 124 Å². The zero-order valence-corrected chi connectivity index (χ0v) is 13.5. The summed E-state index contributed by atoms with van der Waals surface area (Å²) < 4.78 is 0. The molecule has 0 radical (unpaired) electrons. The molecule has 2 heterocycles. The van der Waals surface area contributed by atoms with Gasteiger partial charge in [0.2, 0.25) is 11.8 Å². The molecule has 2 atom stereocenters. The number of hydrogen-bond donors (Lipinski definition) is 1. The molecule has 1 fully saturated rings. The maximum absolute atomic E-state index is 12.8. The van der Waals surface area contributed by atoms with Crippen molar-refractivity contribution >= 4 is 23.2 Å². The number of piperazine rings is 1. The van der Waals surface area contributed by atoms with E-state index in [1.807, 2.05) is 17.5 Å². The predicted octanol–water partition coefficient (Wildman–Crippen LogP) is 2.57. The molecular formula is C15H22N2O2S. The standard InChI is InChI=1S/C15H22N2O2S/c1-9(2)12(11-7-6-8-20-11)17-10(3)13(18)16-15(4,5)14(17)19/h6-10,12H,1-5H3,(H,16,18). The molecule has 0 bridgehead atoms. The van der Waals surface area contributed by atoms with Crippen molar-refractivity contribution in [1.82, 2.24) is 10.2 Å². The molecule has 0 aliphatic carbocycles. The Kier molecular flexibility index (Phi) is 3.91. The molecule has 1 N–H and O–H groups in total. The lowest BCUT2D eigenvalue weighted by molar-refractivity contribution is -0.157. The molecule has 0 aromatic carbocycles. The number of carbonyl (C=O) groups is 2. The van der Waals surface area contributed by atoms with Crippen molar-refractivity contribution in [3.8, 4) is 0 Å². The normalized spacial score (nSPS) is 23.9. The summed E-state index contributed by atoms with van der Waals surface area (Å²) in [5, 5.41) is 4.81. The van der Waals surface area contributed by atoms with Gasteiger partial charge in [0, 0.05) is 4.88 Å². The van der Waals surface area contributed by atoms with Gasteiger partial charge in [-0.1, -0.05) is 19.9 Å². The molecule has 1 aromatic heterocycles. The summed E-state index contributed by atoms with van der Waals surface area (Å²) in [4.78, 5) is 27.8. The Hall–Kier alpha value is -1.36. The minimum absolute atomic E-state index is 0.0169. The van der Waals surface area contributed by atoms with Crippen molar-refractivity contribution in [2.75, 3.05) is 0 Å². The lowest BCUT2D eigenvalue weighted by Gasteiger charge is -2.46. The Morgan fingerprint density at radius 2 is 2.00 bits per heavy atom. The van der Waals surface area contributed by atoms with Crippen LogP contribution in [0.2, 0.25) is 0 Å². The van der Waals surface area contributed by atoms with E-state index in [1.54, 1.807) is 37.0 Å². The Morgan fingerprint density at radius 1 is 1.35 bits per heavy atom. The van der Waals surface area contributed by atoms with Crippen LogP contribution in [0, 0.1) is 5.92 Å². The van der Waals surface area contributed by atoms with E-state index >= 15 is 0 Å². The van der Waals surface area contributed by atoms with Gasteiger partial charge in [0.05, 0.1) is 6.04 Å². The highest BCUT2D eigenvalue weighted by molar-refractivity contribution is 7.10. The third-order valence-electron chi connectivity index (χ3n) is 3.77. The monoisotopic (exact) mass is 294 g/mol. The number of amides is 2. The van der Waals surface area contributed by atoms with Crippen LogP contribution in [-0.2, 0) is 9.59 Å². The maximum atomic E-state index is 12.8. The van der Waals surface area contributed by atoms with Crippen LogP contribution in [0.4, 0.5) is 0 Å². The number of rotatable bonds is 3. The molecule has 110 valence electrons. The molecule has 1 aliphatic heterocycles. The molecule has 2 rings (SSSR count). The van der Waals surface area contributed by atoms with Crippen LogP contribution in [0.5, 0.6) is 0 Å². The molecule has 2 amide bonds. The number of thiophene rings is 1. The first-order valence-corrected chi connectivity index (χ1v) is 7.82. The van der Waals surface area contributed by atoms with Gasteiger partial charge >= 0.3 is 0 Å². The fourth-order valence-corrected chi connectivity index (χ4v) is 3.70. The zero-order chi connectivity index (χ0) is 15.1. The van der Waals surface area contributed by atoms with Gasteiger partial charge < -0.3 is 10.2 Å². The van der Waals surface area contributed by atoms with Crippen molar-refractivity contribution in [3.05, 3.63) is 22.4 Å². The summed E-state index contributed by atoms with van der Waals surface area (Å²) in [6, 6.07) is 3.53. The summed E-state index contributed by atoms with van der Waals surface area (Å²) in [7, 11) is 0. The Balaban J connectivity index is 2.45. The zero-order valence-electron chi connectivity index (χ0n) is 12.6. The van der Waals surface area contributed by atoms with Crippen LogP contribution < -0.4 is 5.32 Å². The molecule has 1 aliphatic rings. The molecule has 0 spiro atoms. The first kappa shape index (κ1) is 15.0. The number of nitrogens with one attached hydrogen (secondary N) is 1. The van der Waals surface area contributed by atoms with Crippen molar-refractivity contribution in [3.63, 3.8) is 0 Å². The SMILES string of the molecule is CC(C)C(c1cccs1)N1C(=O)C(C)(C)NC(=O)C1C. The van der Waals surface area contributed by atoms with Crippen LogP contribution in [0.25, 0.3) is 0 Å². The summed E-state index contributed by atoms with van der Waals surface area (Å²) in [5.41, 5.74) is -0.839. The van der Waals surface area contributed by atoms with Gasteiger partial charge in [-0.15, -0.1) is 11.3 Å². The minimum atomic E-state index is -0.839. The molecule has 2 unspecified atom stereocenters. The predicted molar refractivity (Wildman–Crippen MR) is 80.4 cm³/mol. The van der Waals surface area contributed by atoms with E-state index in [-0.39, 0.29) is 23.8 Å². The van der Waals surface area contributed by atoms with Gasteiger partial charge in [-0.2, -0.15) is 0 Å². The highest BCUT2D eigenvalue weighted by atomic mass is 32.1. The van der Waals surface area contributed by atoms with E-state index in [0.29, 0.717) is 0 Å². The van der Waals surface area contributed by atoms with Gasteiger partial charge in [0.25, 0.3) is 0 Å². The summed E-state index contributed by atoms with van der Waals surface area (Å²) in [6.07, 6.45) is 0. The average Bonchev–Trinajstić information content (AvgIpc) is 2.84. The van der Waals surface area contributed by atoms with Crippen LogP contribution >= 0.6 is 11.3 Å². The fraction of sp³-hybridized carbons (Fsp3) is 0.600. The van der Waals surface area contributed by atoms with Gasteiger partial charge in [0.15, 0.2) is 0 Å². The van der Waals surface area contributed by atoms with Crippen molar-refractivity contribution in [2.24, 2.45) is 5.92 Å². The van der Waals surface area contributed by atoms with Crippen LogP contribution in [0.3, 0.4) is 0 Å². The second kappa shape index (κ2) is 5.20. The third kappa shape index (κ3) is 2.46. The van der Waals surface area contributed by atoms with E-state index in [1.165, 1.54) is 0 Å². The number of carbonyl (C=O) groups excluding carboxylic acids is 2. The van der Waals surface area contributed by atoms with Crippen molar-refractivity contribution < 1.29 is 9.59 Å². The first-order valence-electron chi connectivity index (χ1n) is 6.94. The summed E-state index contributed by atoms with van der Waals surface area (Å²) >= 11 is 1.63. The maximum Gasteiger partial charge on any atom is 0.248 e. The van der Waals surface area contributed by atoms with Gasteiger partial charge in [-0.25, -0.2) is 0 Å². The number of hydrogen-bond acceptors (Lipinski definition) is 3. The van der Waals surface area contributed by atoms with Gasteiger partial charge in [-0.05, 0) is 38.1 Å². The molecule has 0 saturated carbocycles. The van der Waals surface area contributed by atoms with Crippen molar-refractivity contribution in [1.29, 1.82) is 0 Å². The molecule has 1 aromatic rings. The second-order valence-electron chi connectivity index (χ2n) is 6.21. The van der Waals surface area contributed by atoms with Gasteiger partial charge in [-0.3, -0.25) is 9.59 Å². The molecular weight excluding hydrogens is 272 g/mol. The van der Waals surface area contributed by atoms with E-state index in [4.69, 9.17) is 0 Å². The Bertz CT molecular complexity index is 508. The first-order chi connectivity index (χ1) is 9.25. The van der Waals surface area contributed by atoms with E-state index in [0.717, 1.165) is 4.88 Å². The van der Waals surface area contributed by atoms with E-state index < -0.39 is 11.6 Å². The topological polar surface area (TPSA) is 49.4 Å². The molecule has 4 nitrogen and oxygen atoms in total. The lowest BCUT2D eigenvalue weighted by Crippen LogP contribution is -2.68. The van der Waals surface area contributed by atoms with Gasteiger partial charge in [0.1, 0.15) is 11.6 Å². The van der Waals surface area contributed by atoms with Crippen molar-refractivity contribution in [2.45, 2.75) is 52.2 Å². The van der Waals surface area contributed by atoms with Crippen LogP contribution in [0.15, 0.2) is 17.5 Å². The Morgan fingerprint density at radius 3 is 2.50 bits per heavy atom. The average molecular weight is 294 g/mol. The van der Waals surface area contributed by atoms with E-state index in [2.05, 4.69) is 19.2 Å². The molecule has 1 saturated heterocycles. The summed E-state index contributed by atoms with van der Waals surface area (Å²) in [6.45, 7) is 9.50. The second-order valence-corrected chi connectivity index (χ2v) is 7.19. The number of nitrogens with zero attached hydrogens (tertiary/aromatic N) is 1. The highest BCUT2D eigenvalue weighted by Gasteiger charge is 2.47. The van der Waals surface area contributed by atoms with Crippen LogP contribution in [-0.4, -0.2) is 28.3 Å². The lowest BCUT2D eigenvalue weighted by atomic mass is 9.91. The van der Waals surface area contributed by atoms with E-state index in [9.17, 15) is 9.59 Å². The largest absolute Gasteiger partial charge is 0.340 e. The minimum Gasteiger partial charge on any atom is -0.340 e. The smallest absolute Gasteiger partial charge is 0.248 e. The third-order valence-corrected chi connectivity index (χ3v) is 4.71. The molecule has 5 heteroatoms. The highest BCUT2D eigenvalue weighted by Crippen LogP contribution is 2.36. The molecule has 20 heavy (non-hydrogen) atoms. The fourth-order valence-electron chi connectivity index (χ4n) is 2.70.